The van der Waals surface area contributed by atoms with Crippen LogP contribution < -0.4 is 5.32 Å². The molecular formula is C20H15ClF4N6O. The van der Waals surface area contributed by atoms with Gasteiger partial charge in [-0.2, -0.15) is 23.4 Å². The Bertz CT molecular complexity index is 1340. The van der Waals surface area contributed by atoms with Gasteiger partial charge in [-0.05, 0) is 38.1 Å². The molecule has 0 saturated heterocycles. The molecule has 0 unspecified atom stereocenters. The second kappa shape index (κ2) is 7.90. The first-order valence-corrected chi connectivity index (χ1v) is 9.73. The summed E-state index contributed by atoms with van der Waals surface area (Å²) in [7, 11) is 0. The minimum absolute atomic E-state index is 0.0548. The van der Waals surface area contributed by atoms with Crippen LogP contribution in [0, 0.1) is 12.7 Å². The quantitative estimate of drug-likeness (QED) is 0.430. The van der Waals surface area contributed by atoms with Crippen LogP contribution in [-0.4, -0.2) is 30.3 Å². The lowest BCUT2D eigenvalue weighted by atomic mass is 10.1. The van der Waals surface area contributed by atoms with Crippen molar-refractivity contribution in [1.82, 2.24) is 24.4 Å². The lowest BCUT2D eigenvalue weighted by molar-refractivity contribution is -0.142. The Labute approximate surface area is 183 Å². The standard InChI is InChI=1S/C20H15ClF4N6O/c1-3-30-9-12(10(2)28-30)15-7-17(20(23,24)25)31-18(27-15)8-16(29-31)19(32)26-11-4-5-14(22)13(21)6-11/h4-9H,3H2,1-2H3,(H,26,32). The van der Waals surface area contributed by atoms with Crippen LogP contribution in [0.4, 0.5) is 23.2 Å². The van der Waals surface area contributed by atoms with Crippen molar-refractivity contribution in [3.8, 4) is 11.3 Å². The first-order valence-electron chi connectivity index (χ1n) is 9.35. The number of hydrogen-bond acceptors (Lipinski definition) is 4. The lowest BCUT2D eigenvalue weighted by Gasteiger charge is -2.10. The average Bonchev–Trinajstić information content (AvgIpc) is 3.32. The molecule has 0 spiro atoms. The van der Waals surface area contributed by atoms with Crippen molar-refractivity contribution in [2.45, 2.75) is 26.6 Å². The zero-order valence-corrected chi connectivity index (χ0v) is 17.5. The highest BCUT2D eigenvalue weighted by Crippen LogP contribution is 2.33. The monoisotopic (exact) mass is 466 g/mol. The van der Waals surface area contributed by atoms with Crippen LogP contribution in [0.1, 0.15) is 28.8 Å². The van der Waals surface area contributed by atoms with Crippen molar-refractivity contribution < 1.29 is 22.4 Å². The number of aromatic nitrogens is 5. The Morgan fingerprint density at radius 1 is 1.19 bits per heavy atom. The van der Waals surface area contributed by atoms with Crippen molar-refractivity contribution >= 4 is 28.8 Å². The van der Waals surface area contributed by atoms with Crippen LogP contribution in [0.2, 0.25) is 5.02 Å². The highest BCUT2D eigenvalue weighted by molar-refractivity contribution is 6.31. The van der Waals surface area contributed by atoms with Crippen molar-refractivity contribution in [3.63, 3.8) is 0 Å². The highest BCUT2D eigenvalue weighted by atomic mass is 35.5. The fourth-order valence-electron chi connectivity index (χ4n) is 3.13. The molecule has 1 amide bonds. The van der Waals surface area contributed by atoms with Gasteiger partial charge in [-0.25, -0.2) is 13.9 Å². The van der Waals surface area contributed by atoms with E-state index in [1.165, 1.54) is 12.1 Å². The van der Waals surface area contributed by atoms with Gasteiger partial charge in [0.05, 0.1) is 16.4 Å². The molecule has 4 aromatic rings. The van der Waals surface area contributed by atoms with Crippen LogP contribution in [0.25, 0.3) is 16.9 Å². The third kappa shape index (κ3) is 4.03. The Balaban J connectivity index is 1.78. The van der Waals surface area contributed by atoms with E-state index in [9.17, 15) is 22.4 Å². The van der Waals surface area contributed by atoms with E-state index in [-0.39, 0.29) is 27.7 Å². The summed E-state index contributed by atoms with van der Waals surface area (Å²) in [5.41, 5.74) is -0.396. The van der Waals surface area contributed by atoms with E-state index in [2.05, 4.69) is 20.5 Å². The number of hydrogen-bond donors (Lipinski definition) is 1. The predicted molar refractivity (Wildman–Crippen MR) is 109 cm³/mol. The van der Waals surface area contributed by atoms with E-state index in [1.807, 2.05) is 6.92 Å². The van der Waals surface area contributed by atoms with Gasteiger partial charge in [0.15, 0.2) is 17.0 Å². The number of carbonyl (C=O) groups is 1. The summed E-state index contributed by atoms with van der Waals surface area (Å²) in [5.74, 6) is -1.48. The van der Waals surface area contributed by atoms with E-state index in [4.69, 9.17) is 11.6 Å². The van der Waals surface area contributed by atoms with E-state index in [0.29, 0.717) is 22.3 Å². The number of fused-ring (bicyclic) bond motifs is 1. The van der Waals surface area contributed by atoms with Crippen LogP contribution >= 0.6 is 11.6 Å². The molecule has 0 saturated carbocycles. The normalized spacial score (nSPS) is 11.8. The van der Waals surface area contributed by atoms with E-state index in [1.54, 1.807) is 17.8 Å². The van der Waals surface area contributed by atoms with Crippen molar-refractivity contribution in [3.05, 3.63) is 64.5 Å². The molecule has 12 heteroatoms. The second-order valence-corrected chi connectivity index (χ2v) is 7.30. The molecule has 4 rings (SSSR count). The molecule has 7 nitrogen and oxygen atoms in total. The maximum Gasteiger partial charge on any atom is 0.433 e. The molecule has 0 fully saturated rings. The van der Waals surface area contributed by atoms with Crippen LogP contribution in [0.5, 0.6) is 0 Å². The number of anilines is 1. The molecule has 0 aliphatic carbocycles. The van der Waals surface area contributed by atoms with Gasteiger partial charge in [-0.3, -0.25) is 9.48 Å². The zero-order valence-electron chi connectivity index (χ0n) is 16.7. The van der Waals surface area contributed by atoms with Gasteiger partial charge in [0.1, 0.15) is 5.82 Å². The maximum absolute atomic E-state index is 13.8. The number of amides is 1. The Morgan fingerprint density at radius 3 is 2.56 bits per heavy atom. The predicted octanol–water partition coefficient (Wildman–Crippen LogP) is 4.98. The van der Waals surface area contributed by atoms with E-state index in [0.717, 1.165) is 18.2 Å². The molecule has 0 radical (unpaired) electrons. The molecular weight excluding hydrogens is 452 g/mol. The summed E-state index contributed by atoms with van der Waals surface area (Å²) < 4.78 is 56.8. The first kappa shape index (κ1) is 21.8. The van der Waals surface area contributed by atoms with Crippen LogP contribution in [0.15, 0.2) is 36.5 Å². The molecule has 0 aliphatic heterocycles. The van der Waals surface area contributed by atoms with Gasteiger partial charge in [-0.15, -0.1) is 0 Å². The van der Waals surface area contributed by atoms with Crippen LogP contribution in [0.3, 0.4) is 0 Å². The summed E-state index contributed by atoms with van der Waals surface area (Å²) in [5, 5.41) is 10.2. The third-order valence-electron chi connectivity index (χ3n) is 4.67. The van der Waals surface area contributed by atoms with Gasteiger partial charge in [0.2, 0.25) is 0 Å². The third-order valence-corrected chi connectivity index (χ3v) is 4.96. The van der Waals surface area contributed by atoms with Crippen molar-refractivity contribution in [2.24, 2.45) is 0 Å². The molecule has 3 aromatic heterocycles. The smallest absolute Gasteiger partial charge is 0.321 e. The lowest BCUT2D eigenvalue weighted by Crippen LogP contribution is -2.15. The number of rotatable bonds is 4. The average molecular weight is 467 g/mol. The van der Waals surface area contributed by atoms with E-state index < -0.39 is 23.6 Å². The Kier molecular flexibility index (Phi) is 5.37. The van der Waals surface area contributed by atoms with Crippen molar-refractivity contribution in [2.75, 3.05) is 5.32 Å². The van der Waals surface area contributed by atoms with Gasteiger partial charge < -0.3 is 5.32 Å². The minimum Gasteiger partial charge on any atom is -0.321 e. The topological polar surface area (TPSA) is 77.1 Å². The summed E-state index contributed by atoms with van der Waals surface area (Å²) in [6, 6.07) is 5.50. The summed E-state index contributed by atoms with van der Waals surface area (Å²) in [4.78, 5) is 16.8. The largest absolute Gasteiger partial charge is 0.433 e. The van der Waals surface area contributed by atoms with Gasteiger partial charge in [0, 0.05) is 30.1 Å². The summed E-state index contributed by atoms with van der Waals surface area (Å²) >= 11 is 5.69. The molecule has 0 atom stereocenters. The van der Waals surface area contributed by atoms with Gasteiger partial charge >= 0.3 is 6.18 Å². The van der Waals surface area contributed by atoms with Crippen LogP contribution in [-0.2, 0) is 12.7 Å². The number of nitrogens with one attached hydrogen (secondary N) is 1. The summed E-state index contributed by atoms with van der Waals surface area (Å²) in [6.07, 6.45) is -3.15. The highest BCUT2D eigenvalue weighted by Gasteiger charge is 2.36. The minimum atomic E-state index is -4.76. The Morgan fingerprint density at radius 2 is 1.94 bits per heavy atom. The zero-order chi connectivity index (χ0) is 23.2. The molecule has 3 heterocycles. The molecule has 1 N–H and O–H groups in total. The molecule has 0 aliphatic rings. The fraction of sp³-hybridized carbons (Fsp3) is 0.200. The number of benzene rings is 1. The molecule has 32 heavy (non-hydrogen) atoms. The molecule has 0 bridgehead atoms. The fourth-order valence-corrected chi connectivity index (χ4v) is 3.31. The second-order valence-electron chi connectivity index (χ2n) is 6.89. The maximum atomic E-state index is 13.8. The SMILES string of the molecule is CCn1cc(-c2cc(C(F)(F)F)n3nc(C(=O)Nc4ccc(F)c(Cl)c4)cc3n2)c(C)n1. The van der Waals surface area contributed by atoms with Crippen molar-refractivity contribution in [1.29, 1.82) is 0 Å². The number of aryl methyl sites for hydroxylation is 2. The van der Waals surface area contributed by atoms with E-state index >= 15 is 0 Å². The summed E-state index contributed by atoms with van der Waals surface area (Å²) in [6.45, 7) is 4.06. The molecule has 1 aromatic carbocycles. The molecule has 166 valence electrons. The Hall–Kier alpha value is -3.47. The number of halogens is 5. The van der Waals surface area contributed by atoms with Gasteiger partial charge in [-0.1, -0.05) is 11.6 Å². The van der Waals surface area contributed by atoms with Gasteiger partial charge in [0.25, 0.3) is 5.91 Å². The number of alkyl halides is 3. The first-order chi connectivity index (χ1) is 15.1. The number of carbonyl (C=O) groups excluding carboxylic acids is 1. The number of nitrogens with zero attached hydrogens (tertiary/aromatic N) is 5.